The van der Waals surface area contributed by atoms with Crippen LogP contribution in [0.4, 0.5) is 0 Å². The van der Waals surface area contributed by atoms with Crippen LogP contribution in [0, 0.1) is 0 Å². The Hall–Kier alpha value is -0.770. The molecular weight excluding hydrogens is 238 g/mol. The minimum atomic E-state index is 0.394. The fourth-order valence-corrected chi connectivity index (χ4v) is 1.97. The number of nitrogens with one attached hydrogen (secondary N) is 1. The van der Waals surface area contributed by atoms with Crippen molar-refractivity contribution < 1.29 is 9.47 Å². The first kappa shape index (κ1) is 12.7. The van der Waals surface area contributed by atoms with Gasteiger partial charge in [-0.05, 0) is 37.1 Å². The van der Waals surface area contributed by atoms with E-state index < -0.39 is 0 Å². The van der Waals surface area contributed by atoms with Gasteiger partial charge in [-0.25, -0.2) is 0 Å². The second kappa shape index (κ2) is 6.84. The Morgan fingerprint density at radius 3 is 2.88 bits per heavy atom. The van der Waals surface area contributed by atoms with Gasteiger partial charge in [-0.15, -0.1) is 0 Å². The quantitative estimate of drug-likeness (QED) is 0.793. The molecule has 1 atom stereocenters. The van der Waals surface area contributed by atoms with Gasteiger partial charge in [-0.1, -0.05) is 11.6 Å². The van der Waals surface area contributed by atoms with Gasteiger partial charge in [0.05, 0.1) is 6.10 Å². The summed E-state index contributed by atoms with van der Waals surface area (Å²) >= 11 is 5.79. The summed E-state index contributed by atoms with van der Waals surface area (Å²) < 4.78 is 11.1. The number of ether oxygens (including phenoxy) is 2. The highest BCUT2D eigenvalue weighted by Crippen LogP contribution is 2.15. The van der Waals surface area contributed by atoms with Crippen LogP contribution in [0.25, 0.3) is 0 Å². The molecule has 0 radical (unpaired) electrons. The second-order valence-electron chi connectivity index (χ2n) is 4.14. The molecule has 1 aliphatic heterocycles. The highest BCUT2D eigenvalue weighted by Gasteiger charge is 2.14. The van der Waals surface area contributed by atoms with Crippen molar-refractivity contribution in [3.05, 3.63) is 29.3 Å². The second-order valence-corrected chi connectivity index (χ2v) is 4.58. The molecule has 1 N–H and O–H groups in total. The Morgan fingerprint density at radius 1 is 1.35 bits per heavy atom. The topological polar surface area (TPSA) is 30.5 Å². The Kier molecular flexibility index (Phi) is 5.10. The zero-order valence-corrected chi connectivity index (χ0v) is 10.6. The summed E-state index contributed by atoms with van der Waals surface area (Å²) in [6, 6.07) is 7.41. The summed E-state index contributed by atoms with van der Waals surface area (Å²) in [4.78, 5) is 0. The van der Waals surface area contributed by atoms with Crippen LogP contribution in [-0.4, -0.2) is 32.4 Å². The molecule has 0 amide bonds. The van der Waals surface area contributed by atoms with Crippen LogP contribution in [0.3, 0.4) is 0 Å². The lowest BCUT2D eigenvalue weighted by Crippen LogP contribution is -2.29. The van der Waals surface area contributed by atoms with Gasteiger partial charge < -0.3 is 14.8 Å². The van der Waals surface area contributed by atoms with Crippen LogP contribution in [0.15, 0.2) is 24.3 Å². The lowest BCUT2D eigenvalue weighted by Gasteiger charge is -2.11. The first-order chi connectivity index (χ1) is 8.34. The minimum Gasteiger partial charge on any atom is -0.492 e. The summed E-state index contributed by atoms with van der Waals surface area (Å²) in [6.07, 6.45) is 2.75. The molecule has 1 heterocycles. The number of benzene rings is 1. The molecule has 0 saturated carbocycles. The summed E-state index contributed by atoms with van der Waals surface area (Å²) in [6.45, 7) is 3.33. The average Bonchev–Trinajstić information content (AvgIpc) is 2.84. The smallest absolute Gasteiger partial charge is 0.119 e. The molecule has 0 unspecified atom stereocenters. The maximum atomic E-state index is 5.79. The molecule has 94 valence electrons. The van der Waals surface area contributed by atoms with Gasteiger partial charge in [0.15, 0.2) is 0 Å². The predicted molar refractivity (Wildman–Crippen MR) is 68.8 cm³/mol. The Balaban J connectivity index is 1.55. The van der Waals surface area contributed by atoms with Gasteiger partial charge in [-0.3, -0.25) is 0 Å². The van der Waals surface area contributed by atoms with Gasteiger partial charge >= 0.3 is 0 Å². The fourth-order valence-electron chi connectivity index (χ4n) is 1.84. The first-order valence-electron chi connectivity index (χ1n) is 6.05. The van der Waals surface area contributed by atoms with Gasteiger partial charge in [0.2, 0.25) is 0 Å². The maximum absolute atomic E-state index is 5.79. The lowest BCUT2D eigenvalue weighted by atomic mass is 10.2. The zero-order chi connectivity index (χ0) is 11.9. The van der Waals surface area contributed by atoms with Crippen molar-refractivity contribution in [2.45, 2.75) is 18.9 Å². The molecule has 1 aromatic rings. The summed E-state index contributed by atoms with van der Waals surface area (Å²) in [7, 11) is 0. The fraction of sp³-hybridized carbons (Fsp3) is 0.538. The molecule has 0 spiro atoms. The minimum absolute atomic E-state index is 0.394. The van der Waals surface area contributed by atoms with E-state index in [-0.39, 0.29) is 0 Å². The van der Waals surface area contributed by atoms with Crippen LogP contribution < -0.4 is 10.1 Å². The molecule has 0 aliphatic carbocycles. The van der Waals surface area contributed by atoms with Crippen molar-refractivity contribution in [1.82, 2.24) is 5.32 Å². The van der Waals surface area contributed by atoms with Crippen molar-refractivity contribution in [3.63, 3.8) is 0 Å². The molecule has 2 rings (SSSR count). The van der Waals surface area contributed by atoms with E-state index >= 15 is 0 Å². The van der Waals surface area contributed by atoms with E-state index in [0.29, 0.717) is 12.7 Å². The number of hydrogen-bond donors (Lipinski definition) is 1. The first-order valence-corrected chi connectivity index (χ1v) is 6.43. The highest BCUT2D eigenvalue weighted by molar-refractivity contribution is 6.30. The molecule has 0 aromatic heterocycles. The van der Waals surface area contributed by atoms with Crippen molar-refractivity contribution in [2.24, 2.45) is 0 Å². The average molecular weight is 256 g/mol. The molecule has 1 aromatic carbocycles. The molecule has 1 aliphatic rings. The molecule has 17 heavy (non-hydrogen) atoms. The highest BCUT2D eigenvalue weighted by atomic mass is 35.5. The van der Waals surface area contributed by atoms with E-state index in [1.807, 2.05) is 24.3 Å². The van der Waals surface area contributed by atoms with E-state index in [2.05, 4.69) is 5.32 Å². The Bertz CT molecular complexity index is 323. The van der Waals surface area contributed by atoms with E-state index in [9.17, 15) is 0 Å². The van der Waals surface area contributed by atoms with Crippen molar-refractivity contribution in [2.75, 3.05) is 26.3 Å². The third kappa shape index (κ3) is 4.54. The van der Waals surface area contributed by atoms with Crippen LogP contribution in [0.2, 0.25) is 5.02 Å². The summed E-state index contributed by atoms with van der Waals surface area (Å²) in [5.74, 6) is 0.855. The zero-order valence-electron chi connectivity index (χ0n) is 9.82. The third-order valence-electron chi connectivity index (χ3n) is 2.76. The predicted octanol–water partition coefficient (Wildman–Crippen LogP) is 2.49. The van der Waals surface area contributed by atoms with E-state index in [1.165, 1.54) is 12.8 Å². The van der Waals surface area contributed by atoms with Crippen LogP contribution >= 0.6 is 11.6 Å². The largest absolute Gasteiger partial charge is 0.492 e. The SMILES string of the molecule is Clc1ccc(OCCNC[C@@H]2CCCO2)cc1. The number of halogens is 1. The van der Waals surface area contributed by atoms with Gasteiger partial charge in [0.1, 0.15) is 12.4 Å². The summed E-state index contributed by atoms with van der Waals surface area (Å²) in [5, 5.41) is 4.06. The lowest BCUT2D eigenvalue weighted by molar-refractivity contribution is 0.109. The van der Waals surface area contributed by atoms with Gasteiger partial charge in [-0.2, -0.15) is 0 Å². The number of hydrogen-bond acceptors (Lipinski definition) is 3. The molecule has 3 nitrogen and oxygen atoms in total. The van der Waals surface area contributed by atoms with Gasteiger partial charge in [0, 0.05) is 24.7 Å². The van der Waals surface area contributed by atoms with Gasteiger partial charge in [0.25, 0.3) is 0 Å². The molecular formula is C13H18ClNO2. The van der Waals surface area contributed by atoms with Crippen molar-refractivity contribution in [1.29, 1.82) is 0 Å². The number of rotatable bonds is 6. The molecule has 0 bridgehead atoms. The standard InChI is InChI=1S/C13H18ClNO2/c14-11-3-5-12(6-4-11)17-9-7-15-10-13-2-1-8-16-13/h3-6,13,15H,1-2,7-10H2/t13-/m0/s1. The monoisotopic (exact) mass is 255 g/mol. The van der Waals surface area contributed by atoms with Crippen molar-refractivity contribution >= 4 is 11.6 Å². The molecule has 4 heteroatoms. The Morgan fingerprint density at radius 2 is 2.18 bits per heavy atom. The maximum Gasteiger partial charge on any atom is 0.119 e. The van der Waals surface area contributed by atoms with Crippen LogP contribution in [-0.2, 0) is 4.74 Å². The Labute approximate surface area is 107 Å². The van der Waals surface area contributed by atoms with E-state index in [0.717, 1.165) is 30.5 Å². The van der Waals surface area contributed by atoms with Crippen molar-refractivity contribution in [3.8, 4) is 5.75 Å². The molecule has 1 fully saturated rings. The van der Waals surface area contributed by atoms with Crippen LogP contribution in [0.5, 0.6) is 5.75 Å². The summed E-state index contributed by atoms with van der Waals surface area (Å²) in [5.41, 5.74) is 0. The van der Waals surface area contributed by atoms with E-state index in [1.54, 1.807) is 0 Å². The van der Waals surface area contributed by atoms with Crippen LogP contribution in [0.1, 0.15) is 12.8 Å². The van der Waals surface area contributed by atoms with E-state index in [4.69, 9.17) is 21.1 Å². The third-order valence-corrected chi connectivity index (χ3v) is 3.01. The normalized spacial score (nSPS) is 19.5. The molecule has 1 saturated heterocycles.